The van der Waals surface area contributed by atoms with E-state index in [1.54, 1.807) is 18.2 Å². The molecule has 180 valence electrons. The van der Waals surface area contributed by atoms with Gasteiger partial charge in [0.1, 0.15) is 23.7 Å². The first kappa shape index (κ1) is 22.9. The number of carbonyl (C=O) groups excluding carboxylic acids is 3. The highest BCUT2D eigenvalue weighted by Gasteiger charge is 2.40. The molecular weight excluding hydrogens is 456 g/mol. The van der Waals surface area contributed by atoms with Gasteiger partial charge in [0.2, 0.25) is 11.8 Å². The SMILES string of the molecule is N#Cc1cc(CN2CCN(c3cc4c(cc3F)C(=O)N(C3CCC(=O)NC3=O)C4)CC2)ccc1F. The number of piperidine rings is 1. The predicted octanol–water partition coefficient (Wildman–Crippen LogP) is 1.92. The molecule has 10 heteroatoms. The van der Waals surface area contributed by atoms with Crippen molar-refractivity contribution >= 4 is 23.4 Å². The second-order valence-electron chi connectivity index (χ2n) is 9.05. The number of nitrogens with one attached hydrogen (secondary N) is 1. The number of piperazine rings is 1. The van der Waals surface area contributed by atoms with Crippen molar-refractivity contribution in [2.75, 3.05) is 31.1 Å². The van der Waals surface area contributed by atoms with Crippen LogP contribution in [0.2, 0.25) is 0 Å². The minimum absolute atomic E-state index is 0.0160. The standard InChI is InChI=1S/C25H23F2N5O3/c26-19-2-1-15(9-16(19)12-28)13-30-5-7-31(8-6-30)22-10-17-14-32(25(35)18(17)11-20(22)27)21-3-4-23(33)29-24(21)34/h1-2,9-11,21H,3-8,13-14H2,(H,29,33,34). The molecule has 3 aliphatic rings. The van der Waals surface area contributed by atoms with Crippen LogP contribution in [-0.4, -0.2) is 59.7 Å². The number of amides is 3. The van der Waals surface area contributed by atoms with Gasteiger partial charge >= 0.3 is 0 Å². The van der Waals surface area contributed by atoms with Crippen LogP contribution in [0.15, 0.2) is 30.3 Å². The maximum absolute atomic E-state index is 15.0. The van der Waals surface area contributed by atoms with Gasteiger partial charge in [0.05, 0.1) is 11.3 Å². The summed E-state index contributed by atoms with van der Waals surface area (Å²) in [6.45, 7) is 3.18. The second kappa shape index (κ2) is 9.07. The zero-order valence-corrected chi connectivity index (χ0v) is 18.9. The summed E-state index contributed by atoms with van der Waals surface area (Å²) < 4.78 is 28.6. The van der Waals surface area contributed by atoms with Gasteiger partial charge in [0.15, 0.2) is 0 Å². The van der Waals surface area contributed by atoms with Crippen LogP contribution < -0.4 is 10.2 Å². The minimum Gasteiger partial charge on any atom is -0.367 e. The summed E-state index contributed by atoms with van der Waals surface area (Å²) in [4.78, 5) is 42.1. The van der Waals surface area contributed by atoms with Crippen LogP contribution in [0.3, 0.4) is 0 Å². The maximum Gasteiger partial charge on any atom is 0.255 e. The summed E-state index contributed by atoms with van der Waals surface area (Å²) in [5, 5.41) is 11.3. The van der Waals surface area contributed by atoms with Crippen molar-refractivity contribution in [2.24, 2.45) is 0 Å². The highest BCUT2D eigenvalue weighted by atomic mass is 19.1. The molecule has 2 saturated heterocycles. The molecule has 0 bridgehead atoms. The van der Waals surface area contributed by atoms with Gasteiger partial charge in [-0.05, 0) is 41.8 Å². The van der Waals surface area contributed by atoms with Crippen molar-refractivity contribution in [3.05, 3.63) is 64.2 Å². The Labute approximate surface area is 200 Å². The molecule has 5 rings (SSSR count). The zero-order valence-electron chi connectivity index (χ0n) is 18.9. The van der Waals surface area contributed by atoms with Gasteiger partial charge < -0.3 is 9.80 Å². The van der Waals surface area contributed by atoms with Gasteiger partial charge in [-0.25, -0.2) is 8.78 Å². The lowest BCUT2D eigenvalue weighted by molar-refractivity contribution is -0.136. The molecule has 0 aromatic heterocycles. The summed E-state index contributed by atoms with van der Waals surface area (Å²) in [6.07, 6.45) is 0.418. The molecule has 8 nitrogen and oxygen atoms in total. The monoisotopic (exact) mass is 479 g/mol. The fourth-order valence-electron chi connectivity index (χ4n) is 4.98. The van der Waals surface area contributed by atoms with Crippen molar-refractivity contribution in [1.29, 1.82) is 5.26 Å². The van der Waals surface area contributed by atoms with Crippen molar-refractivity contribution in [1.82, 2.24) is 15.1 Å². The third kappa shape index (κ3) is 4.35. The largest absolute Gasteiger partial charge is 0.367 e. The van der Waals surface area contributed by atoms with Gasteiger partial charge in [0, 0.05) is 51.3 Å². The van der Waals surface area contributed by atoms with Crippen LogP contribution in [0.25, 0.3) is 0 Å². The van der Waals surface area contributed by atoms with Crippen LogP contribution in [0, 0.1) is 23.0 Å². The fraction of sp³-hybridized carbons (Fsp3) is 0.360. The molecule has 2 fully saturated rings. The van der Waals surface area contributed by atoms with Crippen molar-refractivity contribution in [2.45, 2.75) is 32.0 Å². The lowest BCUT2D eigenvalue weighted by Gasteiger charge is -2.36. The van der Waals surface area contributed by atoms with Crippen LogP contribution in [-0.2, 0) is 22.7 Å². The van der Waals surface area contributed by atoms with Crippen LogP contribution in [0.1, 0.15) is 39.9 Å². The van der Waals surface area contributed by atoms with Crippen molar-refractivity contribution < 1.29 is 23.2 Å². The third-order valence-corrected chi connectivity index (χ3v) is 6.86. The first-order valence-corrected chi connectivity index (χ1v) is 11.5. The van der Waals surface area contributed by atoms with Crippen LogP contribution in [0.5, 0.6) is 0 Å². The molecular formula is C25H23F2N5O3. The van der Waals surface area contributed by atoms with E-state index in [4.69, 9.17) is 5.26 Å². The molecule has 3 aliphatic heterocycles. The van der Waals surface area contributed by atoms with E-state index in [1.165, 1.54) is 17.0 Å². The van der Waals surface area contributed by atoms with E-state index >= 15 is 4.39 Å². The highest BCUT2D eigenvalue weighted by Crippen LogP contribution is 2.33. The van der Waals surface area contributed by atoms with E-state index in [0.717, 1.165) is 5.56 Å². The molecule has 1 N–H and O–H groups in total. The number of anilines is 1. The first-order chi connectivity index (χ1) is 16.8. The first-order valence-electron chi connectivity index (χ1n) is 11.5. The Morgan fingerprint density at radius 2 is 1.80 bits per heavy atom. The number of halogens is 2. The molecule has 0 aliphatic carbocycles. The van der Waals surface area contributed by atoms with Gasteiger partial charge in [-0.1, -0.05) is 6.07 Å². The van der Waals surface area contributed by atoms with E-state index in [2.05, 4.69) is 10.2 Å². The molecule has 3 amide bonds. The summed E-state index contributed by atoms with van der Waals surface area (Å²) >= 11 is 0. The van der Waals surface area contributed by atoms with E-state index in [1.807, 2.05) is 11.0 Å². The topological polar surface area (TPSA) is 96.8 Å². The number of nitriles is 1. The van der Waals surface area contributed by atoms with Crippen LogP contribution >= 0.6 is 0 Å². The summed E-state index contributed by atoms with van der Waals surface area (Å²) in [7, 11) is 0. The number of benzene rings is 2. The number of imide groups is 1. The second-order valence-corrected chi connectivity index (χ2v) is 9.05. The quantitative estimate of drug-likeness (QED) is 0.674. The number of rotatable bonds is 4. The Morgan fingerprint density at radius 3 is 2.51 bits per heavy atom. The third-order valence-electron chi connectivity index (χ3n) is 6.86. The lowest BCUT2D eigenvalue weighted by Crippen LogP contribution is -2.52. The Kier molecular flexibility index (Phi) is 5.94. The Bertz CT molecular complexity index is 1270. The smallest absolute Gasteiger partial charge is 0.255 e. The zero-order chi connectivity index (χ0) is 24.7. The molecule has 0 radical (unpaired) electrons. The van der Waals surface area contributed by atoms with E-state index in [9.17, 15) is 18.8 Å². The predicted molar refractivity (Wildman–Crippen MR) is 121 cm³/mol. The van der Waals surface area contributed by atoms with Crippen LogP contribution in [0.4, 0.5) is 14.5 Å². The van der Waals surface area contributed by atoms with E-state index in [-0.39, 0.29) is 36.4 Å². The Morgan fingerprint density at radius 1 is 1.03 bits per heavy atom. The lowest BCUT2D eigenvalue weighted by atomic mass is 10.0. The summed E-state index contributed by atoms with van der Waals surface area (Å²) in [6, 6.07) is 8.54. The number of hydrogen-bond donors (Lipinski definition) is 1. The number of nitrogens with zero attached hydrogens (tertiary/aromatic N) is 4. The van der Waals surface area contributed by atoms with Gasteiger partial charge in [0.25, 0.3) is 5.91 Å². The molecule has 1 atom stereocenters. The fourth-order valence-corrected chi connectivity index (χ4v) is 4.98. The Balaban J connectivity index is 1.26. The van der Waals surface area contributed by atoms with Gasteiger partial charge in [-0.3, -0.25) is 24.6 Å². The average Bonchev–Trinajstić information content (AvgIpc) is 3.15. The molecule has 2 aromatic carbocycles. The summed E-state index contributed by atoms with van der Waals surface area (Å²) in [5.74, 6) is -2.29. The molecule has 0 spiro atoms. The van der Waals surface area contributed by atoms with E-state index < -0.39 is 29.5 Å². The number of carbonyl (C=O) groups is 3. The van der Waals surface area contributed by atoms with Crippen molar-refractivity contribution in [3.8, 4) is 6.07 Å². The molecule has 35 heavy (non-hydrogen) atoms. The normalized spacial score (nSPS) is 20.6. The van der Waals surface area contributed by atoms with Gasteiger partial charge in [-0.15, -0.1) is 0 Å². The van der Waals surface area contributed by atoms with E-state index in [0.29, 0.717) is 44.0 Å². The summed E-state index contributed by atoms with van der Waals surface area (Å²) in [5.41, 5.74) is 2.18. The molecule has 1 unspecified atom stereocenters. The Hall–Kier alpha value is -3.84. The maximum atomic E-state index is 15.0. The molecule has 0 saturated carbocycles. The van der Waals surface area contributed by atoms with Crippen molar-refractivity contribution in [3.63, 3.8) is 0 Å². The molecule has 2 aromatic rings. The molecule has 3 heterocycles. The average molecular weight is 479 g/mol. The number of hydrogen-bond acceptors (Lipinski definition) is 6. The number of fused-ring (bicyclic) bond motifs is 1. The highest BCUT2D eigenvalue weighted by molar-refractivity contribution is 6.05. The minimum atomic E-state index is -0.740. The van der Waals surface area contributed by atoms with Gasteiger partial charge in [-0.2, -0.15) is 5.26 Å².